The highest BCUT2D eigenvalue weighted by atomic mass is 19.1. The molecule has 0 atom stereocenters. The zero-order valence-electron chi connectivity index (χ0n) is 19.1. The Labute approximate surface area is 201 Å². The van der Waals surface area contributed by atoms with Crippen molar-refractivity contribution in [2.24, 2.45) is 0 Å². The summed E-state index contributed by atoms with van der Waals surface area (Å²) in [5.41, 5.74) is 2.64. The lowest BCUT2D eigenvalue weighted by molar-refractivity contribution is -0.133. The minimum absolute atomic E-state index is 0.0532. The fourth-order valence-corrected chi connectivity index (χ4v) is 2.90. The van der Waals surface area contributed by atoms with Crippen LogP contribution in [0.4, 0.5) is 8.78 Å². The van der Waals surface area contributed by atoms with Crippen LogP contribution in [0.3, 0.4) is 0 Å². The maximum atomic E-state index is 14.6. The first-order valence-corrected chi connectivity index (χ1v) is 10.4. The van der Waals surface area contributed by atoms with Crippen molar-refractivity contribution in [2.45, 2.75) is 13.8 Å². The van der Waals surface area contributed by atoms with Gasteiger partial charge in [0.25, 0.3) is 0 Å². The smallest absolute Gasteiger partial charge is 0.338 e. The number of halogens is 2. The quantitative estimate of drug-likeness (QED) is 0.156. The largest absolute Gasteiger partial charge is 0.459 e. The highest BCUT2D eigenvalue weighted by molar-refractivity contribution is 5.89. The van der Waals surface area contributed by atoms with Crippen molar-refractivity contribution in [2.75, 3.05) is 0 Å². The van der Waals surface area contributed by atoms with Crippen LogP contribution in [0.2, 0.25) is 0 Å². The van der Waals surface area contributed by atoms with Crippen molar-refractivity contribution in [1.29, 1.82) is 0 Å². The number of rotatable bonds is 8. The van der Waals surface area contributed by atoms with Crippen molar-refractivity contribution < 1.29 is 32.6 Å². The van der Waals surface area contributed by atoms with Gasteiger partial charge >= 0.3 is 11.9 Å². The van der Waals surface area contributed by atoms with Gasteiger partial charge in [0.15, 0.2) is 11.6 Å². The zero-order valence-corrected chi connectivity index (χ0v) is 19.1. The van der Waals surface area contributed by atoms with Gasteiger partial charge in [-0.25, -0.2) is 18.4 Å². The van der Waals surface area contributed by atoms with Crippen LogP contribution in [0.15, 0.2) is 97.5 Å². The first-order valence-electron chi connectivity index (χ1n) is 10.4. The van der Waals surface area contributed by atoms with E-state index in [1.165, 1.54) is 38.1 Å². The highest BCUT2D eigenvalue weighted by Gasteiger charge is 2.11. The SMILES string of the molecule is C=C(C)C(=O)O/C=C\Oc1ccc(-c2ccc(-c3ccc(OC(=O)C(=C)C)cc3F)cc2)cc1F. The number of benzene rings is 3. The molecule has 35 heavy (non-hydrogen) atoms. The molecule has 0 radical (unpaired) electrons. The molecule has 0 saturated heterocycles. The number of hydrogen-bond acceptors (Lipinski definition) is 5. The predicted octanol–water partition coefficient (Wildman–Crippen LogP) is 6.75. The van der Waals surface area contributed by atoms with E-state index < -0.39 is 23.6 Å². The average molecular weight is 476 g/mol. The van der Waals surface area contributed by atoms with Crippen molar-refractivity contribution in [1.82, 2.24) is 0 Å². The van der Waals surface area contributed by atoms with Crippen LogP contribution >= 0.6 is 0 Å². The van der Waals surface area contributed by atoms with Crippen LogP contribution in [0.5, 0.6) is 11.5 Å². The van der Waals surface area contributed by atoms with Crippen LogP contribution in [0.1, 0.15) is 13.8 Å². The molecule has 3 aromatic carbocycles. The molecule has 7 heteroatoms. The van der Waals surface area contributed by atoms with Gasteiger partial charge in [0.05, 0.1) is 0 Å². The molecule has 5 nitrogen and oxygen atoms in total. The Bertz CT molecular complexity index is 1320. The Hall–Kier alpha value is -4.52. The van der Waals surface area contributed by atoms with E-state index in [1.807, 2.05) is 0 Å². The second kappa shape index (κ2) is 11.1. The number of ether oxygens (including phenoxy) is 3. The van der Waals surface area contributed by atoms with Crippen LogP contribution in [0, 0.1) is 11.6 Å². The molecule has 0 aliphatic carbocycles. The third kappa shape index (κ3) is 6.51. The molecule has 0 amide bonds. The zero-order chi connectivity index (χ0) is 25.5. The second-order valence-electron chi connectivity index (χ2n) is 7.61. The minimum atomic E-state index is -0.632. The summed E-state index contributed by atoms with van der Waals surface area (Å²) in [6, 6.07) is 15.4. The number of hydrogen-bond donors (Lipinski definition) is 0. The Kier molecular flexibility index (Phi) is 7.94. The number of esters is 2. The van der Waals surface area contributed by atoms with Crippen LogP contribution < -0.4 is 9.47 Å². The van der Waals surface area contributed by atoms with Gasteiger partial charge in [0.1, 0.15) is 24.1 Å². The molecule has 0 saturated carbocycles. The Morgan fingerprint density at radius 1 is 0.743 bits per heavy atom. The first-order chi connectivity index (χ1) is 16.7. The van der Waals surface area contributed by atoms with Gasteiger partial charge in [-0.1, -0.05) is 43.5 Å². The summed E-state index contributed by atoms with van der Waals surface area (Å²) in [5.74, 6) is -2.40. The van der Waals surface area contributed by atoms with E-state index in [1.54, 1.807) is 30.3 Å². The molecule has 0 fully saturated rings. The third-order valence-corrected chi connectivity index (χ3v) is 4.73. The van der Waals surface area contributed by atoms with Gasteiger partial charge < -0.3 is 14.2 Å². The summed E-state index contributed by atoms with van der Waals surface area (Å²) < 4.78 is 44.0. The van der Waals surface area contributed by atoms with Crippen molar-refractivity contribution in [3.63, 3.8) is 0 Å². The van der Waals surface area contributed by atoms with E-state index in [0.29, 0.717) is 22.3 Å². The number of carbonyl (C=O) groups is 2. The Morgan fingerprint density at radius 3 is 1.97 bits per heavy atom. The average Bonchev–Trinajstić information content (AvgIpc) is 2.82. The molecule has 0 aromatic heterocycles. The van der Waals surface area contributed by atoms with Gasteiger partial charge in [-0.05, 0) is 54.8 Å². The summed E-state index contributed by atoms with van der Waals surface area (Å²) in [6.45, 7) is 9.93. The maximum absolute atomic E-state index is 14.6. The van der Waals surface area contributed by atoms with Crippen LogP contribution in [0.25, 0.3) is 22.3 Å². The van der Waals surface area contributed by atoms with E-state index in [-0.39, 0.29) is 22.6 Å². The normalized spacial score (nSPS) is 10.6. The van der Waals surface area contributed by atoms with E-state index in [0.717, 1.165) is 18.6 Å². The summed E-state index contributed by atoms with van der Waals surface area (Å²) in [4.78, 5) is 22.9. The molecule has 0 heterocycles. The van der Waals surface area contributed by atoms with Gasteiger partial charge in [0, 0.05) is 22.8 Å². The second-order valence-corrected chi connectivity index (χ2v) is 7.61. The van der Waals surface area contributed by atoms with Crippen molar-refractivity contribution in [3.05, 3.63) is 109 Å². The minimum Gasteiger partial charge on any atom is -0.459 e. The maximum Gasteiger partial charge on any atom is 0.338 e. The Balaban J connectivity index is 1.71. The highest BCUT2D eigenvalue weighted by Crippen LogP contribution is 2.30. The molecule has 0 aliphatic rings. The predicted molar refractivity (Wildman–Crippen MR) is 128 cm³/mol. The number of carbonyl (C=O) groups excluding carboxylic acids is 2. The van der Waals surface area contributed by atoms with Gasteiger partial charge in [-0.3, -0.25) is 0 Å². The molecule has 0 aliphatic heterocycles. The molecule has 0 spiro atoms. The molecule has 0 bridgehead atoms. The van der Waals surface area contributed by atoms with Gasteiger partial charge in [-0.15, -0.1) is 0 Å². The van der Waals surface area contributed by atoms with Crippen LogP contribution in [-0.2, 0) is 14.3 Å². The molecular formula is C28H22F2O5. The lowest BCUT2D eigenvalue weighted by Gasteiger charge is -2.09. The molecule has 0 unspecified atom stereocenters. The molecular weight excluding hydrogens is 454 g/mol. The summed E-state index contributed by atoms with van der Waals surface area (Å²) >= 11 is 0. The van der Waals surface area contributed by atoms with E-state index in [2.05, 4.69) is 13.2 Å². The Morgan fingerprint density at radius 2 is 1.37 bits per heavy atom. The first kappa shape index (κ1) is 25.1. The van der Waals surface area contributed by atoms with E-state index >= 15 is 0 Å². The topological polar surface area (TPSA) is 61.8 Å². The summed E-state index contributed by atoms with van der Waals surface area (Å²) in [5, 5.41) is 0. The monoisotopic (exact) mass is 476 g/mol. The third-order valence-electron chi connectivity index (χ3n) is 4.73. The van der Waals surface area contributed by atoms with Gasteiger partial charge in [-0.2, -0.15) is 0 Å². The van der Waals surface area contributed by atoms with E-state index in [4.69, 9.17) is 14.2 Å². The lowest BCUT2D eigenvalue weighted by atomic mass is 10.00. The van der Waals surface area contributed by atoms with Gasteiger partial charge in [0.2, 0.25) is 0 Å². The van der Waals surface area contributed by atoms with Crippen LogP contribution in [-0.4, -0.2) is 11.9 Å². The van der Waals surface area contributed by atoms with E-state index in [9.17, 15) is 18.4 Å². The standard InChI is InChI=1S/C28H22F2O5/c1-17(2)27(31)34-14-13-33-26-12-9-21(15-25(26)30)19-5-7-20(8-6-19)23-11-10-22(16-24(23)29)35-28(32)18(3)4/h5-16H,1,3H2,2,4H3/b14-13-. The fourth-order valence-electron chi connectivity index (χ4n) is 2.90. The lowest BCUT2D eigenvalue weighted by Crippen LogP contribution is -2.08. The fraction of sp³-hybridized carbons (Fsp3) is 0.0714. The molecule has 3 aromatic rings. The van der Waals surface area contributed by atoms with Crippen molar-refractivity contribution >= 4 is 11.9 Å². The van der Waals surface area contributed by atoms with Crippen molar-refractivity contribution in [3.8, 4) is 33.8 Å². The molecule has 178 valence electrons. The summed E-state index contributed by atoms with van der Waals surface area (Å²) in [7, 11) is 0. The molecule has 3 rings (SSSR count). The summed E-state index contributed by atoms with van der Waals surface area (Å²) in [6.07, 6.45) is 2.05. The molecule has 0 N–H and O–H groups in total.